The molecule has 0 spiro atoms. The molecule has 120 valence electrons. The second kappa shape index (κ2) is 6.73. The Morgan fingerprint density at radius 3 is 2.78 bits per heavy atom. The van der Waals surface area contributed by atoms with E-state index in [0.29, 0.717) is 0 Å². The number of tetrazole rings is 1. The van der Waals surface area contributed by atoms with Crippen LogP contribution < -0.4 is 10.1 Å². The highest BCUT2D eigenvalue weighted by Gasteiger charge is 2.28. The van der Waals surface area contributed by atoms with Crippen molar-refractivity contribution in [2.75, 3.05) is 11.9 Å². The molecule has 0 fully saturated rings. The van der Waals surface area contributed by atoms with Crippen LogP contribution in [0.2, 0.25) is 0 Å². The fourth-order valence-electron chi connectivity index (χ4n) is 1.45. The lowest BCUT2D eigenvalue weighted by Crippen LogP contribution is -2.19. The van der Waals surface area contributed by atoms with Gasteiger partial charge in [0.25, 0.3) is 0 Å². The zero-order valence-electron chi connectivity index (χ0n) is 11.2. The zero-order chi connectivity index (χ0) is 16.9. The topological polar surface area (TPSA) is 99.5 Å². The Balaban J connectivity index is 2.07. The van der Waals surface area contributed by atoms with Crippen LogP contribution in [0.25, 0.3) is 5.57 Å². The minimum Gasteiger partial charge on any atom is -0.481 e. The van der Waals surface area contributed by atoms with Gasteiger partial charge < -0.3 is 10.1 Å². The van der Waals surface area contributed by atoms with Crippen LogP contribution in [0.3, 0.4) is 0 Å². The third-order valence-corrected chi connectivity index (χ3v) is 2.41. The van der Waals surface area contributed by atoms with E-state index in [2.05, 4.69) is 30.7 Å². The standard InChI is InChI=1S/C12H8F4N6O/c13-9-3-8(1-2-10(9)23-6-12(14,15)16)18-5-7(4-17)11-19-21-22-20-11/h1-3,5,18H,6H2,(H,19,20,21,22). The monoisotopic (exact) mass is 328 g/mol. The highest BCUT2D eigenvalue weighted by atomic mass is 19.4. The Labute approximate surface area is 126 Å². The van der Waals surface area contributed by atoms with Gasteiger partial charge in [0.05, 0.1) is 0 Å². The van der Waals surface area contributed by atoms with E-state index in [1.54, 1.807) is 0 Å². The first kappa shape index (κ1) is 16.2. The fraction of sp³-hybridized carbons (Fsp3) is 0.167. The Morgan fingerprint density at radius 2 is 2.22 bits per heavy atom. The van der Waals surface area contributed by atoms with Crippen molar-refractivity contribution in [1.29, 1.82) is 5.26 Å². The Bertz CT molecular complexity index is 735. The number of aromatic amines is 1. The van der Waals surface area contributed by atoms with Gasteiger partial charge in [0, 0.05) is 18.0 Å². The number of alkyl halides is 3. The molecule has 0 bridgehead atoms. The molecule has 0 saturated heterocycles. The van der Waals surface area contributed by atoms with Crippen LogP contribution >= 0.6 is 0 Å². The molecule has 0 radical (unpaired) electrons. The molecule has 1 heterocycles. The summed E-state index contributed by atoms with van der Waals surface area (Å²) >= 11 is 0. The Morgan fingerprint density at radius 1 is 1.43 bits per heavy atom. The van der Waals surface area contributed by atoms with Gasteiger partial charge in [-0.2, -0.15) is 23.6 Å². The molecule has 2 aromatic rings. The smallest absolute Gasteiger partial charge is 0.422 e. The molecule has 7 nitrogen and oxygen atoms in total. The minimum atomic E-state index is -4.56. The highest BCUT2D eigenvalue weighted by molar-refractivity contribution is 5.74. The van der Waals surface area contributed by atoms with Gasteiger partial charge in [-0.05, 0) is 17.3 Å². The first-order valence-electron chi connectivity index (χ1n) is 5.99. The number of halogens is 4. The number of nitrogens with one attached hydrogen (secondary N) is 2. The highest BCUT2D eigenvalue weighted by Crippen LogP contribution is 2.24. The van der Waals surface area contributed by atoms with Crippen LogP contribution in [-0.2, 0) is 0 Å². The number of hydrogen-bond acceptors (Lipinski definition) is 6. The normalized spacial score (nSPS) is 11.9. The van der Waals surface area contributed by atoms with Crippen LogP contribution in [-0.4, -0.2) is 33.4 Å². The van der Waals surface area contributed by atoms with Gasteiger partial charge in [0.1, 0.15) is 11.6 Å². The van der Waals surface area contributed by atoms with Gasteiger partial charge >= 0.3 is 6.18 Å². The molecule has 23 heavy (non-hydrogen) atoms. The summed E-state index contributed by atoms with van der Waals surface area (Å²) in [6.45, 7) is -1.59. The molecule has 2 N–H and O–H groups in total. The van der Waals surface area contributed by atoms with E-state index < -0.39 is 24.3 Å². The maximum atomic E-state index is 13.6. The van der Waals surface area contributed by atoms with Gasteiger partial charge in [0.15, 0.2) is 18.2 Å². The Kier molecular flexibility index (Phi) is 4.75. The van der Waals surface area contributed by atoms with E-state index in [-0.39, 0.29) is 17.1 Å². The van der Waals surface area contributed by atoms with Crippen LogP contribution in [0.4, 0.5) is 23.2 Å². The molecule has 0 amide bonds. The first-order valence-corrected chi connectivity index (χ1v) is 5.99. The minimum absolute atomic E-state index is 0.0246. The molecular formula is C12H8F4N6O. The van der Waals surface area contributed by atoms with Crippen molar-refractivity contribution in [2.45, 2.75) is 6.18 Å². The van der Waals surface area contributed by atoms with Gasteiger partial charge in [-0.15, -0.1) is 10.2 Å². The molecule has 2 rings (SSSR count). The van der Waals surface area contributed by atoms with E-state index in [1.165, 1.54) is 12.3 Å². The van der Waals surface area contributed by atoms with E-state index in [4.69, 9.17) is 5.26 Å². The quantitative estimate of drug-likeness (QED) is 0.645. The third-order valence-electron chi connectivity index (χ3n) is 2.41. The SMILES string of the molecule is N#CC(=CNc1ccc(OCC(F)(F)F)c(F)c1)c1nn[nH]n1. The maximum absolute atomic E-state index is 13.6. The lowest BCUT2D eigenvalue weighted by atomic mass is 10.2. The summed E-state index contributed by atoms with van der Waals surface area (Å²) in [7, 11) is 0. The molecule has 0 aliphatic heterocycles. The van der Waals surface area contributed by atoms with E-state index in [1.807, 2.05) is 6.07 Å². The molecule has 1 aromatic heterocycles. The second-order valence-corrected chi connectivity index (χ2v) is 4.10. The van der Waals surface area contributed by atoms with Gasteiger partial charge in [0.2, 0.25) is 5.82 Å². The summed E-state index contributed by atoms with van der Waals surface area (Å²) in [6, 6.07) is 5.06. The molecular weight excluding hydrogens is 320 g/mol. The van der Waals surface area contributed by atoms with Crippen molar-refractivity contribution in [3.63, 3.8) is 0 Å². The van der Waals surface area contributed by atoms with Crippen molar-refractivity contribution in [3.8, 4) is 11.8 Å². The summed E-state index contributed by atoms with van der Waals surface area (Å²) in [6.07, 6.45) is -3.35. The zero-order valence-corrected chi connectivity index (χ0v) is 11.2. The summed E-state index contributed by atoms with van der Waals surface area (Å²) in [5, 5.41) is 24.2. The lowest BCUT2D eigenvalue weighted by Gasteiger charge is -2.10. The summed E-state index contributed by atoms with van der Waals surface area (Å²) in [5.74, 6) is -1.48. The first-order chi connectivity index (χ1) is 10.9. The molecule has 11 heteroatoms. The van der Waals surface area contributed by atoms with Crippen molar-refractivity contribution in [2.24, 2.45) is 0 Å². The molecule has 0 aliphatic rings. The van der Waals surface area contributed by atoms with Crippen LogP contribution in [0.15, 0.2) is 24.4 Å². The number of nitriles is 1. The van der Waals surface area contributed by atoms with E-state index >= 15 is 0 Å². The predicted octanol–water partition coefficient (Wildman–Crippen LogP) is 2.26. The van der Waals surface area contributed by atoms with Crippen molar-refractivity contribution >= 4 is 11.3 Å². The third kappa shape index (κ3) is 4.67. The molecule has 0 atom stereocenters. The number of rotatable bonds is 5. The van der Waals surface area contributed by atoms with E-state index in [9.17, 15) is 17.6 Å². The number of aromatic nitrogens is 4. The van der Waals surface area contributed by atoms with Gasteiger partial charge in [-0.25, -0.2) is 4.39 Å². The van der Waals surface area contributed by atoms with Crippen molar-refractivity contribution in [1.82, 2.24) is 20.6 Å². The summed E-state index contributed by atoms with van der Waals surface area (Å²) in [4.78, 5) is 0. The number of anilines is 1. The molecule has 0 unspecified atom stereocenters. The second-order valence-electron chi connectivity index (χ2n) is 4.10. The molecule has 1 aromatic carbocycles. The fourth-order valence-corrected chi connectivity index (χ4v) is 1.45. The summed E-state index contributed by atoms with van der Waals surface area (Å²) < 4.78 is 54.0. The number of H-pyrrole nitrogens is 1. The predicted molar refractivity (Wildman–Crippen MR) is 69.3 cm³/mol. The summed E-state index contributed by atoms with van der Waals surface area (Å²) in [5.41, 5.74) is 0.217. The van der Waals surface area contributed by atoms with Gasteiger partial charge in [-0.1, -0.05) is 0 Å². The number of benzene rings is 1. The number of hydrogen-bond donors (Lipinski definition) is 2. The van der Waals surface area contributed by atoms with E-state index in [0.717, 1.165) is 12.1 Å². The molecule has 0 aliphatic carbocycles. The van der Waals surface area contributed by atoms with Crippen LogP contribution in [0, 0.1) is 17.1 Å². The van der Waals surface area contributed by atoms with Gasteiger partial charge in [-0.3, -0.25) is 0 Å². The van der Waals surface area contributed by atoms with Crippen LogP contribution in [0.1, 0.15) is 5.82 Å². The average Bonchev–Trinajstić information content (AvgIpc) is 3.00. The molecule has 0 saturated carbocycles. The lowest BCUT2D eigenvalue weighted by molar-refractivity contribution is -0.153. The maximum Gasteiger partial charge on any atom is 0.422 e. The number of allylic oxidation sites excluding steroid dienone is 1. The van der Waals surface area contributed by atoms with Crippen LogP contribution in [0.5, 0.6) is 5.75 Å². The number of nitrogens with zero attached hydrogens (tertiary/aromatic N) is 4. The van der Waals surface area contributed by atoms with Crippen molar-refractivity contribution in [3.05, 3.63) is 36.0 Å². The Hall–Kier alpha value is -3.16. The number of ether oxygens (including phenoxy) is 1. The largest absolute Gasteiger partial charge is 0.481 e. The van der Waals surface area contributed by atoms with Crippen molar-refractivity contribution < 1.29 is 22.3 Å². The average molecular weight is 328 g/mol.